The van der Waals surface area contributed by atoms with E-state index in [0.717, 1.165) is 23.7 Å². The number of aliphatic hydroxyl groups is 1. The van der Waals surface area contributed by atoms with Gasteiger partial charge in [-0.1, -0.05) is 13.8 Å². The van der Waals surface area contributed by atoms with Gasteiger partial charge in [-0.25, -0.2) is 0 Å². The molecule has 3 aliphatic carbocycles. The smallest absolute Gasteiger partial charge is 0.0599 e. The first-order valence-electron chi connectivity index (χ1n) is 5.86. The van der Waals surface area contributed by atoms with Crippen molar-refractivity contribution in [2.45, 2.75) is 39.2 Å². The highest BCUT2D eigenvalue weighted by Gasteiger charge is 2.57. The number of hydrogen-bond donors (Lipinski definition) is 1. The topological polar surface area (TPSA) is 20.2 Å². The van der Waals surface area contributed by atoms with Crippen LogP contribution in [-0.2, 0) is 0 Å². The van der Waals surface area contributed by atoms with E-state index < -0.39 is 0 Å². The van der Waals surface area contributed by atoms with E-state index in [4.69, 9.17) is 0 Å². The van der Waals surface area contributed by atoms with Crippen LogP contribution < -0.4 is 0 Å². The molecule has 1 nitrogen and oxygen atoms in total. The lowest BCUT2D eigenvalue weighted by atomic mass is 9.76. The molecule has 2 bridgehead atoms. The van der Waals surface area contributed by atoms with Crippen molar-refractivity contribution in [2.24, 2.45) is 35.5 Å². The highest BCUT2D eigenvalue weighted by molar-refractivity contribution is 5.06. The van der Waals surface area contributed by atoms with Crippen molar-refractivity contribution < 1.29 is 5.11 Å². The summed E-state index contributed by atoms with van der Waals surface area (Å²) in [5, 5.41) is 10.1. The average molecular weight is 180 g/mol. The van der Waals surface area contributed by atoms with Gasteiger partial charge >= 0.3 is 0 Å². The molecule has 3 saturated carbocycles. The molecule has 1 N–H and O–H groups in total. The van der Waals surface area contributed by atoms with E-state index >= 15 is 0 Å². The fourth-order valence-electron chi connectivity index (χ4n) is 4.65. The maximum atomic E-state index is 10.1. The lowest BCUT2D eigenvalue weighted by Gasteiger charge is -2.31. The predicted octanol–water partition coefficient (Wildman–Crippen LogP) is 2.30. The number of rotatable bonds is 0. The molecule has 0 spiro atoms. The van der Waals surface area contributed by atoms with Crippen molar-refractivity contribution in [1.82, 2.24) is 0 Å². The molecule has 0 aliphatic heterocycles. The highest BCUT2D eigenvalue weighted by atomic mass is 16.3. The number of aliphatic hydroxyl groups excluding tert-OH is 1. The third-order valence-electron chi connectivity index (χ3n) is 5.20. The third-order valence-corrected chi connectivity index (χ3v) is 5.20. The van der Waals surface area contributed by atoms with Gasteiger partial charge in [0.1, 0.15) is 0 Å². The van der Waals surface area contributed by atoms with Gasteiger partial charge in [0.05, 0.1) is 6.10 Å². The Morgan fingerprint density at radius 3 is 2.46 bits per heavy atom. The minimum absolute atomic E-state index is 0.0303. The molecular weight excluding hydrogens is 160 g/mol. The van der Waals surface area contributed by atoms with Crippen molar-refractivity contribution in [2.75, 3.05) is 0 Å². The Hall–Kier alpha value is -0.0400. The van der Waals surface area contributed by atoms with Gasteiger partial charge in [-0.05, 0) is 54.8 Å². The Labute approximate surface area is 80.5 Å². The zero-order chi connectivity index (χ0) is 9.16. The first-order valence-corrected chi connectivity index (χ1v) is 5.86. The molecule has 74 valence electrons. The molecule has 0 aromatic carbocycles. The van der Waals surface area contributed by atoms with Gasteiger partial charge in [0, 0.05) is 0 Å². The normalized spacial score (nSPS) is 64.4. The summed E-state index contributed by atoms with van der Waals surface area (Å²) in [7, 11) is 0. The maximum absolute atomic E-state index is 10.1. The Balaban J connectivity index is 1.90. The van der Waals surface area contributed by atoms with E-state index in [-0.39, 0.29) is 6.10 Å². The summed E-state index contributed by atoms with van der Waals surface area (Å²) >= 11 is 0. The van der Waals surface area contributed by atoms with Crippen LogP contribution in [0.25, 0.3) is 0 Å². The van der Waals surface area contributed by atoms with Gasteiger partial charge in [0.15, 0.2) is 0 Å². The van der Waals surface area contributed by atoms with Crippen LogP contribution in [0.3, 0.4) is 0 Å². The van der Waals surface area contributed by atoms with Crippen LogP contribution >= 0.6 is 0 Å². The molecular formula is C12H20O. The van der Waals surface area contributed by atoms with E-state index in [0.29, 0.717) is 11.8 Å². The standard InChI is InChI=1S/C12H20O/c1-6-3-8-5-9(6)11-10(8)4-7(2)12(11)13/h6-13H,3-5H2,1-2H3. The summed E-state index contributed by atoms with van der Waals surface area (Å²) in [4.78, 5) is 0. The zero-order valence-corrected chi connectivity index (χ0v) is 8.61. The van der Waals surface area contributed by atoms with Crippen molar-refractivity contribution in [3.63, 3.8) is 0 Å². The van der Waals surface area contributed by atoms with E-state index in [1.807, 2.05) is 0 Å². The second-order valence-corrected chi connectivity index (χ2v) is 5.82. The molecule has 0 saturated heterocycles. The number of hydrogen-bond acceptors (Lipinski definition) is 1. The summed E-state index contributed by atoms with van der Waals surface area (Å²) in [5.74, 6) is 4.89. The fourth-order valence-corrected chi connectivity index (χ4v) is 4.65. The van der Waals surface area contributed by atoms with Gasteiger partial charge in [0.25, 0.3) is 0 Å². The summed E-state index contributed by atoms with van der Waals surface area (Å²) in [6, 6.07) is 0. The highest BCUT2D eigenvalue weighted by Crippen LogP contribution is 2.61. The van der Waals surface area contributed by atoms with E-state index in [1.54, 1.807) is 0 Å². The average Bonchev–Trinajstić information content (AvgIpc) is 2.66. The fraction of sp³-hybridized carbons (Fsp3) is 1.00. The van der Waals surface area contributed by atoms with Crippen molar-refractivity contribution in [3.8, 4) is 0 Å². The molecule has 7 atom stereocenters. The second-order valence-electron chi connectivity index (χ2n) is 5.82. The van der Waals surface area contributed by atoms with Gasteiger partial charge in [-0.3, -0.25) is 0 Å². The van der Waals surface area contributed by atoms with Crippen molar-refractivity contribution in [1.29, 1.82) is 0 Å². The Morgan fingerprint density at radius 2 is 1.69 bits per heavy atom. The monoisotopic (exact) mass is 180 g/mol. The van der Waals surface area contributed by atoms with Gasteiger partial charge in [-0.15, -0.1) is 0 Å². The van der Waals surface area contributed by atoms with Crippen molar-refractivity contribution in [3.05, 3.63) is 0 Å². The molecule has 0 heterocycles. The van der Waals surface area contributed by atoms with Crippen LogP contribution in [-0.4, -0.2) is 11.2 Å². The molecule has 7 unspecified atom stereocenters. The van der Waals surface area contributed by atoms with E-state index in [2.05, 4.69) is 13.8 Å². The molecule has 3 rings (SSSR count). The van der Waals surface area contributed by atoms with E-state index in [9.17, 15) is 5.11 Å². The SMILES string of the molecule is CC1CC2C3CC(C)C(C3)C2C1O. The Bertz CT molecular complexity index is 223. The van der Waals surface area contributed by atoms with Crippen LogP contribution in [0.1, 0.15) is 33.1 Å². The van der Waals surface area contributed by atoms with Crippen LogP contribution in [0.2, 0.25) is 0 Å². The van der Waals surface area contributed by atoms with Gasteiger partial charge < -0.3 is 5.11 Å². The summed E-state index contributed by atoms with van der Waals surface area (Å²) < 4.78 is 0. The van der Waals surface area contributed by atoms with E-state index in [1.165, 1.54) is 19.3 Å². The van der Waals surface area contributed by atoms with Crippen LogP contribution in [0.5, 0.6) is 0 Å². The maximum Gasteiger partial charge on any atom is 0.0599 e. The first-order chi connectivity index (χ1) is 6.18. The molecule has 13 heavy (non-hydrogen) atoms. The quantitative estimate of drug-likeness (QED) is 0.606. The summed E-state index contributed by atoms with van der Waals surface area (Å²) in [5.41, 5.74) is 0. The summed E-state index contributed by atoms with van der Waals surface area (Å²) in [6.45, 7) is 4.61. The molecule has 0 aromatic heterocycles. The molecule has 3 aliphatic rings. The summed E-state index contributed by atoms with van der Waals surface area (Å²) in [6.07, 6.45) is 4.22. The molecule has 0 amide bonds. The molecule has 1 heteroatoms. The molecule has 0 radical (unpaired) electrons. The van der Waals surface area contributed by atoms with Gasteiger partial charge in [0.2, 0.25) is 0 Å². The minimum Gasteiger partial charge on any atom is -0.393 e. The zero-order valence-electron chi connectivity index (χ0n) is 8.61. The third kappa shape index (κ3) is 0.918. The van der Waals surface area contributed by atoms with Crippen LogP contribution in [0.15, 0.2) is 0 Å². The number of fused-ring (bicyclic) bond motifs is 5. The lowest BCUT2D eigenvalue weighted by Crippen LogP contribution is -2.30. The first kappa shape index (κ1) is 8.28. The molecule has 3 fully saturated rings. The largest absolute Gasteiger partial charge is 0.393 e. The Morgan fingerprint density at radius 1 is 0.923 bits per heavy atom. The lowest BCUT2D eigenvalue weighted by molar-refractivity contribution is 0.0492. The van der Waals surface area contributed by atoms with Gasteiger partial charge in [-0.2, -0.15) is 0 Å². The Kier molecular flexibility index (Phi) is 1.59. The van der Waals surface area contributed by atoms with Crippen molar-refractivity contribution >= 4 is 0 Å². The predicted molar refractivity (Wildman–Crippen MR) is 52.1 cm³/mol. The van der Waals surface area contributed by atoms with Crippen LogP contribution in [0, 0.1) is 35.5 Å². The van der Waals surface area contributed by atoms with Crippen LogP contribution in [0.4, 0.5) is 0 Å². The second kappa shape index (κ2) is 2.50. The molecule has 0 aromatic rings. The minimum atomic E-state index is 0.0303.